The number of likely N-dealkylation sites (tertiary alicyclic amines) is 1. The largest absolute Gasteiger partial charge is 0.496 e. The van der Waals surface area contributed by atoms with Crippen molar-refractivity contribution < 1.29 is 27.9 Å². The molecule has 9 nitrogen and oxygen atoms in total. The third-order valence-electron chi connectivity index (χ3n) is 7.63. The van der Waals surface area contributed by atoms with Gasteiger partial charge in [0.15, 0.2) is 0 Å². The highest BCUT2D eigenvalue weighted by Gasteiger charge is 2.58. The number of ether oxygens (including phenoxy) is 1. The van der Waals surface area contributed by atoms with Crippen molar-refractivity contribution in [1.82, 2.24) is 20.5 Å². The molecule has 2 saturated heterocycles. The molecule has 36 heavy (non-hydrogen) atoms. The predicted molar refractivity (Wildman–Crippen MR) is 124 cm³/mol. The summed E-state index contributed by atoms with van der Waals surface area (Å²) < 4.78 is 33.9. The number of hydrogen-bond donors (Lipinski definition) is 3. The van der Waals surface area contributed by atoms with Crippen molar-refractivity contribution in [2.45, 2.75) is 43.7 Å². The number of amides is 3. The number of fused-ring (bicyclic) bond motifs is 2. The monoisotopic (exact) mass is 499 g/mol. The van der Waals surface area contributed by atoms with E-state index in [1.165, 1.54) is 12.0 Å². The lowest BCUT2D eigenvalue weighted by molar-refractivity contribution is -0.127. The van der Waals surface area contributed by atoms with Gasteiger partial charge in [-0.25, -0.2) is 8.78 Å². The zero-order chi connectivity index (χ0) is 25.6. The van der Waals surface area contributed by atoms with Crippen molar-refractivity contribution in [1.29, 1.82) is 5.26 Å². The Morgan fingerprint density at radius 1 is 1.36 bits per heavy atom. The summed E-state index contributed by atoms with van der Waals surface area (Å²) in [5, 5.41) is 15.6. The van der Waals surface area contributed by atoms with Crippen LogP contribution in [0.4, 0.5) is 8.78 Å². The lowest BCUT2D eigenvalue weighted by Gasteiger charge is -2.28. The van der Waals surface area contributed by atoms with E-state index in [1.54, 1.807) is 24.3 Å². The molecule has 3 amide bonds. The highest BCUT2D eigenvalue weighted by molar-refractivity contribution is 6.02. The third kappa shape index (κ3) is 4.25. The van der Waals surface area contributed by atoms with Crippen molar-refractivity contribution in [2.24, 2.45) is 17.8 Å². The van der Waals surface area contributed by atoms with Crippen LogP contribution in [0.3, 0.4) is 0 Å². The second-order valence-corrected chi connectivity index (χ2v) is 9.90. The molecule has 3 fully saturated rings. The van der Waals surface area contributed by atoms with Gasteiger partial charge < -0.3 is 25.3 Å². The van der Waals surface area contributed by atoms with E-state index in [1.807, 2.05) is 6.07 Å². The Morgan fingerprint density at radius 3 is 2.86 bits per heavy atom. The van der Waals surface area contributed by atoms with Crippen LogP contribution in [0.1, 0.15) is 36.2 Å². The van der Waals surface area contributed by atoms with Gasteiger partial charge in [-0.2, -0.15) is 5.26 Å². The second-order valence-electron chi connectivity index (χ2n) is 9.90. The fourth-order valence-electron chi connectivity index (χ4n) is 5.97. The second kappa shape index (κ2) is 9.08. The Bertz CT molecular complexity index is 1250. The molecule has 3 heterocycles. The van der Waals surface area contributed by atoms with E-state index in [0.717, 1.165) is 0 Å². The number of H-pyrrole nitrogens is 1. The lowest BCUT2D eigenvalue weighted by Crippen LogP contribution is -2.51. The van der Waals surface area contributed by atoms with Crippen LogP contribution in [-0.2, 0) is 9.59 Å². The highest BCUT2D eigenvalue weighted by atomic mass is 19.3. The summed E-state index contributed by atoms with van der Waals surface area (Å²) in [6.45, 7) is 0.528. The molecule has 0 unspecified atom stereocenters. The Hall–Kier alpha value is -3.68. The maximum Gasteiger partial charge on any atom is 0.271 e. The Balaban J connectivity index is 1.40. The van der Waals surface area contributed by atoms with E-state index in [9.17, 15) is 28.4 Å². The number of aromatic nitrogens is 1. The van der Waals surface area contributed by atoms with Crippen LogP contribution < -0.4 is 15.4 Å². The zero-order valence-electron chi connectivity index (χ0n) is 19.7. The van der Waals surface area contributed by atoms with Gasteiger partial charge in [-0.05, 0) is 42.9 Å². The fourth-order valence-corrected chi connectivity index (χ4v) is 5.97. The molecule has 0 radical (unpaired) electrons. The summed E-state index contributed by atoms with van der Waals surface area (Å²) in [4.78, 5) is 43.3. The minimum atomic E-state index is -2.91. The molecular weight excluding hydrogens is 472 g/mol. The van der Waals surface area contributed by atoms with Gasteiger partial charge in [-0.15, -0.1) is 0 Å². The molecule has 3 N–H and O–H groups in total. The first kappa shape index (κ1) is 24.0. The van der Waals surface area contributed by atoms with Crippen molar-refractivity contribution >= 4 is 28.6 Å². The van der Waals surface area contributed by atoms with Crippen molar-refractivity contribution in [3.8, 4) is 11.8 Å². The Labute approximate surface area is 206 Å². The van der Waals surface area contributed by atoms with E-state index in [0.29, 0.717) is 29.6 Å². The summed E-state index contributed by atoms with van der Waals surface area (Å²) in [7, 11) is 1.52. The lowest BCUT2D eigenvalue weighted by atomic mass is 9.92. The number of halogens is 2. The Kier molecular flexibility index (Phi) is 6.06. The smallest absolute Gasteiger partial charge is 0.271 e. The molecule has 0 bridgehead atoms. The summed E-state index contributed by atoms with van der Waals surface area (Å²) in [6.07, 6.45) is -0.208. The van der Waals surface area contributed by atoms with E-state index in [4.69, 9.17) is 4.74 Å². The molecule has 2 aliphatic heterocycles. The standard InChI is InChI=1S/C25H27F2N5O4/c1-36-20-4-2-3-18-16(20)8-19(31-18)24(35)32-12-14-9-25(26,27)10-17(14)21(32)23(34)30-15(11-28)7-13-5-6-29-22(13)33/h2-4,8,13-15,17,21,31H,5-7,9-10,12H2,1H3,(H,29,33)(H,30,34)/t13-,14+,15-,17+,21-/m1/s1. The van der Waals surface area contributed by atoms with Crippen LogP contribution in [0.5, 0.6) is 5.75 Å². The van der Waals surface area contributed by atoms with Gasteiger partial charge in [0.25, 0.3) is 5.91 Å². The quantitative estimate of drug-likeness (QED) is 0.562. The summed E-state index contributed by atoms with van der Waals surface area (Å²) >= 11 is 0. The van der Waals surface area contributed by atoms with Gasteiger partial charge in [0, 0.05) is 42.8 Å². The van der Waals surface area contributed by atoms with E-state index in [2.05, 4.69) is 15.6 Å². The first-order valence-electron chi connectivity index (χ1n) is 12.0. The number of carbonyl (C=O) groups is 3. The number of alkyl halides is 2. The maximum atomic E-state index is 14.3. The molecule has 5 atom stereocenters. The molecule has 2 aromatic rings. The average Bonchev–Trinajstić information content (AvgIpc) is 3.59. The average molecular weight is 500 g/mol. The topological polar surface area (TPSA) is 127 Å². The minimum Gasteiger partial charge on any atom is -0.496 e. The number of benzene rings is 1. The molecular formula is C25H27F2N5O4. The van der Waals surface area contributed by atoms with E-state index in [-0.39, 0.29) is 24.6 Å². The van der Waals surface area contributed by atoms with Crippen molar-refractivity contribution in [3.63, 3.8) is 0 Å². The predicted octanol–water partition coefficient (Wildman–Crippen LogP) is 2.20. The summed E-state index contributed by atoms with van der Waals surface area (Å²) in [6, 6.07) is 6.84. The fraction of sp³-hybridized carbons (Fsp3) is 0.520. The number of nitrogens with zero attached hydrogens (tertiary/aromatic N) is 2. The van der Waals surface area contributed by atoms with Crippen LogP contribution in [0.15, 0.2) is 24.3 Å². The van der Waals surface area contributed by atoms with Gasteiger partial charge in [-0.3, -0.25) is 14.4 Å². The highest BCUT2D eigenvalue weighted by Crippen LogP contribution is 2.50. The van der Waals surface area contributed by atoms with Crippen LogP contribution in [0.2, 0.25) is 0 Å². The molecule has 190 valence electrons. The zero-order valence-corrected chi connectivity index (χ0v) is 19.7. The molecule has 1 aromatic carbocycles. The number of nitrogens with one attached hydrogen (secondary N) is 3. The van der Waals surface area contributed by atoms with Gasteiger partial charge in [0.2, 0.25) is 17.7 Å². The SMILES string of the molecule is COc1cccc2[nH]c(C(=O)N3C[C@@H]4CC(F)(F)C[C@@H]4[C@@H]3C(=O)N[C@@H](C#N)C[C@H]3CCNC3=O)cc12. The van der Waals surface area contributed by atoms with Crippen LogP contribution >= 0.6 is 0 Å². The van der Waals surface area contributed by atoms with Crippen LogP contribution in [0, 0.1) is 29.1 Å². The van der Waals surface area contributed by atoms with Gasteiger partial charge in [0.1, 0.15) is 23.5 Å². The number of rotatable bonds is 6. The molecule has 5 rings (SSSR count). The normalized spacial score (nSPS) is 27.4. The number of carbonyl (C=O) groups excluding carboxylic acids is 3. The summed E-state index contributed by atoms with van der Waals surface area (Å²) in [5.41, 5.74) is 0.891. The van der Waals surface area contributed by atoms with Crippen molar-refractivity contribution in [3.05, 3.63) is 30.0 Å². The van der Waals surface area contributed by atoms with Gasteiger partial charge in [0.05, 0.1) is 13.2 Å². The molecule has 1 saturated carbocycles. The molecule has 11 heteroatoms. The first-order valence-corrected chi connectivity index (χ1v) is 12.0. The maximum absolute atomic E-state index is 14.3. The van der Waals surface area contributed by atoms with Crippen LogP contribution in [0.25, 0.3) is 10.9 Å². The molecule has 3 aliphatic rings. The van der Waals surface area contributed by atoms with E-state index < -0.39 is 60.4 Å². The van der Waals surface area contributed by atoms with Crippen molar-refractivity contribution in [2.75, 3.05) is 20.2 Å². The number of methoxy groups -OCH3 is 1. The minimum absolute atomic E-state index is 0.0198. The molecule has 1 aromatic heterocycles. The molecule has 0 spiro atoms. The number of nitriles is 1. The van der Waals surface area contributed by atoms with Gasteiger partial charge >= 0.3 is 0 Å². The number of aromatic amines is 1. The van der Waals surface area contributed by atoms with E-state index >= 15 is 0 Å². The molecule has 1 aliphatic carbocycles. The third-order valence-corrected chi connectivity index (χ3v) is 7.63. The first-order chi connectivity index (χ1) is 17.2. The Morgan fingerprint density at radius 2 is 2.17 bits per heavy atom. The number of hydrogen-bond acceptors (Lipinski definition) is 5. The van der Waals surface area contributed by atoms with Gasteiger partial charge in [-0.1, -0.05) is 6.07 Å². The summed E-state index contributed by atoms with van der Waals surface area (Å²) in [5.74, 6) is -5.29. The van der Waals surface area contributed by atoms with Crippen LogP contribution in [-0.4, -0.2) is 65.8 Å².